The van der Waals surface area contributed by atoms with Crippen molar-refractivity contribution in [3.05, 3.63) is 71.8 Å². The number of carbonyl (C=O) groups excluding carboxylic acids is 2. The van der Waals surface area contributed by atoms with Gasteiger partial charge in [-0.2, -0.15) is 0 Å². The zero-order valence-electron chi connectivity index (χ0n) is 17.0. The highest BCUT2D eigenvalue weighted by molar-refractivity contribution is 5.95. The quantitative estimate of drug-likeness (QED) is 0.875. The molecule has 0 bridgehead atoms. The Morgan fingerprint density at radius 3 is 2.31 bits per heavy atom. The first-order valence-electron chi connectivity index (χ1n) is 10.4. The minimum atomic E-state index is -0.562. The molecule has 4 rings (SSSR count). The summed E-state index contributed by atoms with van der Waals surface area (Å²) in [6.45, 7) is 4.37. The molecule has 0 radical (unpaired) electrons. The highest BCUT2D eigenvalue weighted by Crippen LogP contribution is 2.35. The lowest BCUT2D eigenvalue weighted by molar-refractivity contribution is -0.142. The number of likely N-dealkylation sites (tertiary alicyclic amines) is 2. The van der Waals surface area contributed by atoms with Crippen LogP contribution < -0.4 is 5.73 Å². The van der Waals surface area contributed by atoms with Crippen LogP contribution in [-0.4, -0.2) is 53.8 Å². The van der Waals surface area contributed by atoms with Crippen molar-refractivity contribution in [2.75, 3.05) is 26.2 Å². The first kappa shape index (κ1) is 19.6. The van der Waals surface area contributed by atoms with Crippen molar-refractivity contribution in [2.24, 2.45) is 11.1 Å². The lowest BCUT2D eigenvalue weighted by atomic mass is 9.80. The van der Waals surface area contributed by atoms with Crippen molar-refractivity contribution in [1.29, 1.82) is 0 Å². The van der Waals surface area contributed by atoms with E-state index in [0.717, 1.165) is 12.8 Å². The monoisotopic (exact) mass is 391 g/mol. The Balaban J connectivity index is 1.47. The molecule has 2 N–H and O–H groups in total. The van der Waals surface area contributed by atoms with E-state index >= 15 is 0 Å². The van der Waals surface area contributed by atoms with Crippen molar-refractivity contribution in [3.8, 4) is 0 Å². The number of hydrogen-bond donors (Lipinski definition) is 1. The van der Waals surface area contributed by atoms with Gasteiger partial charge in [-0.1, -0.05) is 48.5 Å². The van der Waals surface area contributed by atoms with E-state index in [9.17, 15) is 9.59 Å². The van der Waals surface area contributed by atoms with Gasteiger partial charge in [-0.15, -0.1) is 0 Å². The molecule has 2 heterocycles. The normalized spacial score (nSPS) is 27.1. The molecular formula is C24H29N3O2. The molecule has 0 saturated carbocycles. The molecule has 5 heteroatoms. The Labute approximate surface area is 172 Å². The number of hydrogen-bond acceptors (Lipinski definition) is 3. The Morgan fingerprint density at radius 1 is 0.966 bits per heavy atom. The molecule has 0 aliphatic carbocycles. The van der Waals surface area contributed by atoms with Gasteiger partial charge in [0, 0.05) is 43.7 Å². The largest absolute Gasteiger partial charge is 0.340 e. The molecule has 2 aromatic carbocycles. The lowest BCUT2D eigenvalue weighted by Crippen LogP contribution is -2.52. The molecule has 152 valence electrons. The summed E-state index contributed by atoms with van der Waals surface area (Å²) in [6.07, 6.45) is 1.63. The van der Waals surface area contributed by atoms with Crippen LogP contribution in [0.15, 0.2) is 60.7 Å². The third-order valence-electron chi connectivity index (χ3n) is 6.40. The summed E-state index contributed by atoms with van der Waals surface area (Å²) >= 11 is 0. The van der Waals surface area contributed by atoms with Crippen LogP contribution in [-0.2, 0) is 4.79 Å². The van der Waals surface area contributed by atoms with Gasteiger partial charge in [0.2, 0.25) is 5.91 Å². The van der Waals surface area contributed by atoms with Crippen molar-refractivity contribution in [2.45, 2.75) is 31.7 Å². The number of carbonyl (C=O) groups is 2. The molecule has 0 spiro atoms. The van der Waals surface area contributed by atoms with Gasteiger partial charge in [0.1, 0.15) is 0 Å². The first-order chi connectivity index (χ1) is 14.0. The Bertz CT molecular complexity index is 870. The summed E-state index contributed by atoms with van der Waals surface area (Å²) in [5, 5.41) is 0. The maximum absolute atomic E-state index is 13.5. The lowest BCUT2D eigenvalue weighted by Gasteiger charge is -2.41. The molecule has 2 saturated heterocycles. The van der Waals surface area contributed by atoms with Crippen LogP contribution in [0.5, 0.6) is 0 Å². The van der Waals surface area contributed by atoms with E-state index in [0.29, 0.717) is 31.7 Å². The van der Waals surface area contributed by atoms with E-state index in [4.69, 9.17) is 5.73 Å². The van der Waals surface area contributed by atoms with Gasteiger partial charge >= 0.3 is 0 Å². The maximum atomic E-state index is 13.5. The van der Waals surface area contributed by atoms with Gasteiger partial charge in [-0.3, -0.25) is 9.59 Å². The molecule has 2 aliphatic rings. The summed E-state index contributed by atoms with van der Waals surface area (Å²) in [7, 11) is 0. The number of benzene rings is 2. The predicted octanol–water partition coefficient (Wildman–Crippen LogP) is 2.88. The fraction of sp³-hybridized carbons (Fsp3) is 0.417. The van der Waals surface area contributed by atoms with Crippen LogP contribution in [0.4, 0.5) is 0 Å². The molecule has 29 heavy (non-hydrogen) atoms. The maximum Gasteiger partial charge on any atom is 0.253 e. The highest BCUT2D eigenvalue weighted by Gasteiger charge is 2.45. The molecule has 2 aliphatic heterocycles. The van der Waals surface area contributed by atoms with Crippen molar-refractivity contribution >= 4 is 11.8 Å². The molecule has 0 aromatic heterocycles. The highest BCUT2D eigenvalue weighted by atomic mass is 16.2. The molecule has 2 fully saturated rings. The number of nitrogens with zero attached hydrogens (tertiary/aromatic N) is 2. The topological polar surface area (TPSA) is 66.6 Å². The van der Waals surface area contributed by atoms with Crippen LogP contribution in [0.3, 0.4) is 0 Å². The minimum Gasteiger partial charge on any atom is -0.340 e. The fourth-order valence-corrected chi connectivity index (χ4v) is 4.78. The molecule has 2 amide bonds. The second-order valence-electron chi connectivity index (χ2n) is 8.65. The third-order valence-corrected chi connectivity index (χ3v) is 6.40. The van der Waals surface area contributed by atoms with E-state index in [1.54, 1.807) is 0 Å². The Morgan fingerprint density at radius 2 is 1.62 bits per heavy atom. The second-order valence-corrected chi connectivity index (χ2v) is 8.65. The molecule has 2 aromatic rings. The van der Waals surface area contributed by atoms with E-state index in [1.165, 1.54) is 5.56 Å². The van der Waals surface area contributed by atoms with E-state index < -0.39 is 5.41 Å². The van der Waals surface area contributed by atoms with Gasteiger partial charge in [0.05, 0.1) is 5.41 Å². The van der Waals surface area contributed by atoms with E-state index in [1.807, 2.05) is 65.3 Å². The van der Waals surface area contributed by atoms with E-state index in [-0.39, 0.29) is 23.8 Å². The summed E-state index contributed by atoms with van der Waals surface area (Å²) in [5.74, 6) is 0.288. The van der Waals surface area contributed by atoms with Gasteiger partial charge in [-0.05, 0) is 37.5 Å². The average molecular weight is 392 g/mol. The van der Waals surface area contributed by atoms with Crippen LogP contribution in [0.2, 0.25) is 0 Å². The Kier molecular flexibility index (Phi) is 5.41. The summed E-state index contributed by atoms with van der Waals surface area (Å²) in [5.41, 5.74) is 7.71. The molecule has 5 nitrogen and oxygen atoms in total. The Hall–Kier alpha value is -2.66. The minimum absolute atomic E-state index is 0.00427. The van der Waals surface area contributed by atoms with Crippen LogP contribution in [0.1, 0.15) is 41.6 Å². The van der Waals surface area contributed by atoms with Crippen molar-refractivity contribution in [1.82, 2.24) is 9.80 Å². The smallest absolute Gasteiger partial charge is 0.253 e. The summed E-state index contributed by atoms with van der Waals surface area (Å²) < 4.78 is 0. The first-order valence-corrected chi connectivity index (χ1v) is 10.4. The molecular weight excluding hydrogens is 362 g/mol. The van der Waals surface area contributed by atoms with E-state index in [2.05, 4.69) is 12.1 Å². The third kappa shape index (κ3) is 3.92. The number of amides is 2. The van der Waals surface area contributed by atoms with Crippen LogP contribution in [0, 0.1) is 5.41 Å². The van der Waals surface area contributed by atoms with Crippen molar-refractivity contribution in [3.63, 3.8) is 0 Å². The van der Waals surface area contributed by atoms with Crippen LogP contribution >= 0.6 is 0 Å². The summed E-state index contributed by atoms with van der Waals surface area (Å²) in [6, 6.07) is 19.4. The molecule has 1 unspecified atom stereocenters. The zero-order chi connectivity index (χ0) is 20.4. The SMILES string of the molecule is CC1(C(=O)N2C[C@@H](N)[C@H](c3ccccc3)C2)CCCN(C(=O)c2ccccc2)C1. The number of nitrogens with two attached hydrogens (primary N) is 1. The van der Waals surface area contributed by atoms with Crippen LogP contribution in [0.25, 0.3) is 0 Å². The summed E-state index contributed by atoms with van der Waals surface area (Å²) in [4.78, 5) is 30.1. The van der Waals surface area contributed by atoms with Gasteiger partial charge in [-0.25, -0.2) is 0 Å². The van der Waals surface area contributed by atoms with Gasteiger partial charge < -0.3 is 15.5 Å². The number of rotatable bonds is 3. The number of piperidine rings is 1. The van der Waals surface area contributed by atoms with Gasteiger partial charge in [0.25, 0.3) is 5.91 Å². The average Bonchev–Trinajstić information content (AvgIpc) is 3.15. The zero-order valence-corrected chi connectivity index (χ0v) is 17.0. The second kappa shape index (κ2) is 7.99. The molecule has 3 atom stereocenters. The van der Waals surface area contributed by atoms with Crippen molar-refractivity contribution < 1.29 is 9.59 Å². The fourth-order valence-electron chi connectivity index (χ4n) is 4.78. The standard InChI is InChI=1S/C24H29N3O2/c1-24(13-8-14-26(17-24)22(28)19-11-6-3-7-12-19)23(29)27-15-20(21(25)16-27)18-9-4-2-5-10-18/h2-7,9-12,20-21H,8,13-17,25H2,1H3/t20-,21+,24?/m0/s1. The van der Waals surface area contributed by atoms with Gasteiger partial charge in [0.15, 0.2) is 0 Å². The predicted molar refractivity (Wildman–Crippen MR) is 113 cm³/mol.